The smallest absolute Gasteiger partial charge is 0.338 e. The van der Waals surface area contributed by atoms with E-state index in [2.05, 4.69) is 36.9 Å². The minimum atomic E-state index is -0.822. The summed E-state index contributed by atoms with van der Waals surface area (Å²) in [6.07, 6.45) is 1.80. The van der Waals surface area contributed by atoms with Crippen molar-refractivity contribution < 1.29 is 23.7 Å². The second-order valence-electron chi connectivity index (χ2n) is 9.86. The topological polar surface area (TPSA) is 88.4 Å². The molecule has 0 bridgehead atoms. The predicted octanol–water partition coefficient (Wildman–Crippen LogP) is 6.96. The van der Waals surface area contributed by atoms with E-state index < -0.39 is 12.0 Å². The Morgan fingerprint density at radius 3 is 2.42 bits per heavy atom. The van der Waals surface area contributed by atoms with Gasteiger partial charge in [-0.15, -0.1) is 0 Å². The number of esters is 1. The summed E-state index contributed by atoms with van der Waals surface area (Å²) in [5.41, 5.74) is 2.85. The molecule has 4 aromatic rings. The van der Waals surface area contributed by atoms with E-state index in [4.69, 9.17) is 30.5 Å². The molecule has 8 nitrogen and oxygen atoms in total. The zero-order valence-corrected chi connectivity index (χ0v) is 29.6. The van der Waals surface area contributed by atoms with Gasteiger partial charge in [-0.1, -0.05) is 57.1 Å². The van der Waals surface area contributed by atoms with Crippen molar-refractivity contribution in [3.8, 4) is 17.2 Å². The van der Waals surface area contributed by atoms with E-state index in [0.717, 1.165) is 15.6 Å². The summed E-state index contributed by atoms with van der Waals surface area (Å²) < 4.78 is 26.1. The normalized spacial score (nSPS) is 14.6. The summed E-state index contributed by atoms with van der Waals surface area (Å²) in [7, 11) is 1.54. The maximum Gasteiger partial charge on any atom is 0.338 e. The molecule has 0 spiro atoms. The Kier molecular flexibility index (Phi) is 10.5. The largest absolute Gasteiger partial charge is 0.493 e. The lowest BCUT2D eigenvalue weighted by atomic mass is 9.95. The second-order valence-corrected chi connectivity index (χ2v) is 13.0. The van der Waals surface area contributed by atoms with Crippen LogP contribution in [0.3, 0.4) is 0 Å². The molecule has 1 atom stereocenters. The van der Waals surface area contributed by atoms with Crippen molar-refractivity contribution in [1.82, 2.24) is 4.57 Å². The highest BCUT2D eigenvalue weighted by molar-refractivity contribution is 9.10. The number of rotatable bonds is 10. The average Bonchev–Trinajstić information content (AvgIpc) is 3.31. The van der Waals surface area contributed by atoms with Crippen molar-refractivity contribution in [2.24, 2.45) is 4.99 Å². The second kappa shape index (κ2) is 14.4. The van der Waals surface area contributed by atoms with Gasteiger partial charge in [-0.3, -0.25) is 9.36 Å². The Labute approximate surface area is 285 Å². The van der Waals surface area contributed by atoms with Crippen LogP contribution in [-0.4, -0.2) is 30.9 Å². The number of hydrogen-bond donors (Lipinski definition) is 0. The van der Waals surface area contributed by atoms with E-state index >= 15 is 0 Å². The number of fused-ring (bicyclic) bond motifs is 1. The lowest BCUT2D eigenvalue weighted by Gasteiger charge is -2.26. The fourth-order valence-corrected chi connectivity index (χ4v) is 7.11. The first kappa shape index (κ1) is 33.0. The van der Waals surface area contributed by atoms with Crippen LogP contribution >= 0.6 is 54.8 Å². The van der Waals surface area contributed by atoms with Gasteiger partial charge in [0.1, 0.15) is 12.4 Å². The number of hydrogen-bond acceptors (Lipinski definition) is 8. The summed E-state index contributed by atoms with van der Waals surface area (Å²) in [4.78, 5) is 32.5. The van der Waals surface area contributed by atoms with E-state index in [1.165, 1.54) is 15.9 Å². The number of thiazole rings is 1. The van der Waals surface area contributed by atoms with Crippen LogP contribution in [0.5, 0.6) is 17.2 Å². The van der Waals surface area contributed by atoms with Gasteiger partial charge in [-0.2, -0.15) is 0 Å². The van der Waals surface area contributed by atoms with Crippen LogP contribution in [0.25, 0.3) is 6.08 Å². The molecule has 0 N–H and O–H groups in total. The van der Waals surface area contributed by atoms with Crippen LogP contribution in [0.15, 0.2) is 84.6 Å². The number of halogens is 3. The molecule has 0 saturated carbocycles. The summed E-state index contributed by atoms with van der Waals surface area (Å²) >= 11 is 14.5. The van der Waals surface area contributed by atoms with Crippen LogP contribution in [0.2, 0.25) is 5.02 Å². The standard InChI is InChI=1S/C33H29Br2ClN2O6S/c1-5-42-27-16-23(34)22(15-26(27)41-4)30-29(32(40)43-6-2)18(3)37-33-38(30)31(39)28(45-33)14-20-9-12-25(24(35)13-20)44-17-19-7-10-21(36)11-8-19/h7-16,30H,5-6,17H2,1-4H3/b28-14+/t30-/m1/s1. The number of carbonyl (C=O) groups excluding carboxylic acids is 1. The molecule has 1 aliphatic heterocycles. The van der Waals surface area contributed by atoms with E-state index in [1.54, 1.807) is 39.2 Å². The zero-order valence-electron chi connectivity index (χ0n) is 24.9. The van der Waals surface area contributed by atoms with Crippen molar-refractivity contribution in [2.75, 3.05) is 20.3 Å². The number of allylic oxidation sites excluding steroid dienone is 1. The lowest BCUT2D eigenvalue weighted by Crippen LogP contribution is -2.40. The molecule has 234 valence electrons. The minimum Gasteiger partial charge on any atom is -0.493 e. The van der Waals surface area contributed by atoms with Crippen molar-refractivity contribution in [1.29, 1.82) is 0 Å². The molecule has 0 unspecified atom stereocenters. The number of methoxy groups -OCH3 is 1. The Hall–Kier alpha value is -3.38. The number of nitrogens with zero attached hydrogens (tertiary/aromatic N) is 2. The van der Waals surface area contributed by atoms with Gasteiger partial charge in [-0.25, -0.2) is 9.79 Å². The number of ether oxygens (including phenoxy) is 4. The quantitative estimate of drug-likeness (QED) is 0.162. The van der Waals surface area contributed by atoms with Crippen LogP contribution < -0.4 is 29.1 Å². The monoisotopic (exact) mass is 774 g/mol. The van der Waals surface area contributed by atoms with Crippen molar-refractivity contribution in [3.63, 3.8) is 0 Å². The van der Waals surface area contributed by atoms with Gasteiger partial charge < -0.3 is 18.9 Å². The highest BCUT2D eigenvalue weighted by Crippen LogP contribution is 2.41. The van der Waals surface area contributed by atoms with Crippen molar-refractivity contribution in [3.05, 3.63) is 116 Å². The molecule has 0 aliphatic carbocycles. The maximum absolute atomic E-state index is 14.1. The lowest BCUT2D eigenvalue weighted by molar-refractivity contribution is -0.139. The first-order chi connectivity index (χ1) is 21.6. The molecule has 0 amide bonds. The predicted molar refractivity (Wildman–Crippen MR) is 182 cm³/mol. The molecule has 5 rings (SSSR count). The van der Waals surface area contributed by atoms with Crippen LogP contribution in [0, 0.1) is 0 Å². The first-order valence-electron chi connectivity index (χ1n) is 14.0. The molecule has 1 aliphatic rings. The van der Waals surface area contributed by atoms with Crippen molar-refractivity contribution in [2.45, 2.75) is 33.4 Å². The molecule has 45 heavy (non-hydrogen) atoms. The zero-order chi connectivity index (χ0) is 32.2. The maximum atomic E-state index is 14.1. The first-order valence-corrected chi connectivity index (χ1v) is 16.8. The molecular weight excluding hydrogens is 748 g/mol. The van der Waals surface area contributed by atoms with Gasteiger partial charge in [0.15, 0.2) is 16.3 Å². The Bertz CT molecular complexity index is 1970. The molecule has 0 radical (unpaired) electrons. The highest BCUT2D eigenvalue weighted by atomic mass is 79.9. The summed E-state index contributed by atoms with van der Waals surface area (Å²) in [5.74, 6) is 1.12. The van der Waals surface area contributed by atoms with E-state index in [1.807, 2.05) is 49.4 Å². The third-order valence-corrected chi connectivity index (χ3v) is 9.50. The van der Waals surface area contributed by atoms with Gasteiger partial charge in [0, 0.05) is 9.50 Å². The SMILES string of the molecule is CCOC(=O)C1=C(C)N=c2s/c(=C/c3ccc(OCc4ccc(Cl)cc4)c(Br)c3)c(=O)n2[C@@H]1c1cc(OC)c(OCC)cc1Br. The molecule has 2 heterocycles. The van der Waals surface area contributed by atoms with Gasteiger partial charge in [0.05, 0.1) is 46.6 Å². The Morgan fingerprint density at radius 2 is 1.76 bits per heavy atom. The van der Waals surface area contributed by atoms with Gasteiger partial charge in [-0.05, 0) is 95.9 Å². The number of benzene rings is 3. The summed E-state index contributed by atoms with van der Waals surface area (Å²) in [5, 5.41) is 0.667. The van der Waals surface area contributed by atoms with Gasteiger partial charge >= 0.3 is 5.97 Å². The molecule has 0 fully saturated rings. The van der Waals surface area contributed by atoms with Gasteiger partial charge in [0.2, 0.25) is 0 Å². The molecule has 12 heteroatoms. The fraction of sp³-hybridized carbons (Fsp3) is 0.242. The minimum absolute atomic E-state index is 0.175. The molecule has 0 saturated heterocycles. The number of carbonyl (C=O) groups is 1. The van der Waals surface area contributed by atoms with Crippen LogP contribution in [0.1, 0.15) is 43.5 Å². The molecule has 1 aromatic heterocycles. The molecular formula is C33H29Br2ClN2O6S. The summed E-state index contributed by atoms with van der Waals surface area (Å²) in [6, 6.07) is 15.8. The number of aromatic nitrogens is 1. The highest BCUT2D eigenvalue weighted by Gasteiger charge is 2.35. The van der Waals surface area contributed by atoms with Crippen molar-refractivity contribution >= 4 is 66.8 Å². The van der Waals surface area contributed by atoms with E-state index in [-0.39, 0.29) is 17.7 Å². The van der Waals surface area contributed by atoms with Gasteiger partial charge in [0.25, 0.3) is 5.56 Å². The average molecular weight is 777 g/mol. The third-order valence-electron chi connectivity index (χ3n) is 6.96. The van der Waals surface area contributed by atoms with Crippen LogP contribution in [-0.2, 0) is 16.1 Å². The van der Waals surface area contributed by atoms with E-state index in [9.17, 15) is 9.59 Å². The molecule has 3 aromatic carbocycles. The fourth-order valence-electron chi connectivity index (χ4n) is 4.89. The Balaban J connectivity index is 1.57. The Morgan fingerprint density at radius 1 is 1.00 bits per heavy atom. The third kappa shape index (κ3) is 7.06. The summed E-state index contributed by atoms with van der Waals surface area (Å²) in [6.45, 7) is 6.35. The van der Waals surface area contributed by atoms with Crippen LogP contribution in [0.4, 0.5) is 0 Å². The van der Waals surface area contributed by atoms with E-state index in [0.29, 0.717) is 60.6 Å².